The Labute approximate surface area is 107 Å². The summed E-state index contributed by atoms with van der Waals surface area (Å²) in [5.41, 5.74) is 0.552. The lowest BCUT2D eigenvalue weighted by atomic mass is 10.2. The third-order valence-corrected chi connectivity index (χ3v) is 2.12. The van der Waals surface area contributed by atoms with Crippen LogP contribution in [0.2, 0.25) is 0 Å². The van der Waals surface area contributed by atoms with E-state index in [0.29, 0.717) is 5.56 Å². The van der Waals surface area contributed by atoms with Crippen molar-refractivity contribution in [3.63, 3.8) is 0 Å². The number of rotatable bonds is 3. The van der Waals surface area contributed by atoms with Gasteiger partial charge in [0.2, 0.25) is 0 Å². The first kappa shape index (κ1) is 13.1. The molecule has 8 heteroatoms. The normalized spacial score (nSPS) is 11.5. The highest BCUT2D eigenvalue weighted by Gasteiger charge is 2.31. The summed E-state index contributed by atoms with van der Waals surface area (Å²) in [6, 6.07) is 8.64. The van der Waals surface area contributed by atoms with E-state index in [9.17, 15) is 10.1 Å². The van der Waals surface area contributed by atoms with Crippen LogP contribution in [-0.2, 0) is 0 Å². The van der Waals surface area contributed by atoms with Gasteiger partial charge in [-0.25, -0.2) is 0 Å². The minimum absolute atomic E-state index is 0. The zero-order valence-corrected chi connectivity index (χ0v) is 10.3. The molecule has 1 aromatic heterocycles. The molecule has 2 aromatic rings. The van der Waals surface area contributed by atoms with Crippen molar-refractivity contribution in [2.45, 2.75) is 6.17 Å². The van der Waals surface area contributed by atoms with Crippen LogP contribution in [0.15, 0.2) is 43.0 Å². The summed E-state index contributed by atoms with van der Waals surface area (Å²) in [6.45, 7) is 0. The van der Waals surface area contributed by atoms with Crippen LogP contribution >= 0.6 is 0 Å². The SMILES string of the molecule is N[n+]1cnn(C(c2ccccc2)[N+](=O)[O-])c1.[Br-]. The molecule has 0 bridgehead atoms. The Hall–Kier alpha value is -1.96. The van der Waals surface area contributed by atoms with Gasteiger partial charge in [0.25, 0.3) is 12.7 Å². The number of halogens is 1. The van der Waals surface area contributed by atoms with E-state index in [1.165, 1.54) is 22.0 Å². The largest absolute Gasteiger partial charge is 1.00 e. The number of nitrogen functional groups attached to an aromatic ring is 1. The summed E-state index contributed by atoms with van der Waals surface area (Å²) in [6.07, 6.45) is 1.62. The van der Waals surface area contributed by atoms with Gasteiger partial charge in [0, 0.05) is 5.10 Å². The van der Waals surface area contributed by atoms with E-state index in [0.717, 1.165) is 0 Å². The zero-order valence-electron chi connectivity index (χ0n) is 8.68. The van der Waals surface area contributed by atoms with E-state index < -0.39 is 11.1 Å². The zero-order chi connectivity index (χ0) is 11.5. The molecule has 0 radical (unpaired) electrons. The standard InChI is InChI=1S/C9H10N5O2.BrH/c10-12-6-11-13(7-12)9(14(15)16)8-4-2-1-3-5-8;/h1-7,9H,10H2;1H/q+1;/p-1. The third kappa shape index (κ3) is 2.78. The van der Waals surface area contributed by atoms with Crippen LogP contribution in [0.1, 0.15) is 11.7 Å². The second-order valence-electron chi connectivity index (χ2n) is 3.24. The predicted molar refractivity (Wildman–Crippen MR) is 54.1 cm³/mol. The molecule has 0 saturated heterocycles. The highest BCUT2D eigenvalue weighted by atomic mass is 79.9. The molecule has 1 aromatic carbocycles. The van der Waals surface area contributed by atoms with Crippen LogP contribution < -0.4 is 27.5 Å². The average Bonchev–Trinajstić information content (AvgIpc) is 2.66. The van der Waals surface area contributed by atoms with Crippen molar-refractivity contribution in [3.8, 4) is 0 Å². The average molecular weight is 300 g/mol. The summed E-state index contributed by atoms with van der Waals surface area (Å²) in [5, 5.41) is 14.8. The van der Waals surface area contributed by atoms with Crippen molar-refractivity contribution < 1.29 is 26.6 Å². The van der Waals surface area contributed by atoms with E-state index >= 15 is 0 Å². The second kappa shape index (κ2) is 5.39. The van der Waals surface area contributed by atoms with Gasteiger partial charge >= 0.3 is 6.17 Å². The van der Waals surface area contributed by atoms with Crippen LogP contribution in [0.3, 0.4) is 0 Å². The van der Waals surface area contributed by atoms with Crippen LogP contribution in [0.5, 0.6) is 0 Å². The van der Waals surface area contributed by atoms with Crippen molar-refractivity contribution in [1.29, 1.82) is 0 Å². The number of nitrogens with zero attached hydrogens (tertiary/aromatic N) is 4. The van der Waals surface area contributed by atoms with Gasteiger partial charge in [-0.1, -0.05) is 18.2 Å². The lowest BCUT2D eigenvalue weighted by Gasteiger charge is -2.03. The third-order valence-electron chi connectivity index (χ3n) is 2.12. The molecule has 1 unspecified atom stereocenters. The monoisotopic (exact) mass is 299 g/mol. The Balaban J connectivity index is 0.00000144. The maximum absolute atomic E-state index is 11.0. The first-order valence-corrected chi connectivity index (χ1v) is 4.57. The van der Waals surface area contributed by atoms with Crippen molar-refractivity contribution >= 4 is 0 Å². The van der Waals surface area contributed by atoms with Crippen molar-refractivity contribution in [2.24, 2.45) is 0 Å². The molecule has 1 heterocycles. The fourth-order valence-electron chi connectivity index (χ4n) is 1.44. The van der Waals surface area contributed by atoms with Gasteiger partial charge in [-0.3, -0.25) is 16.0 Å². The first-order chi connectivity index (χ1) is 7.68. The van der Waals surface area contributed by atoms with Gasteiger partial charge in [0.15, 0.2) is 0 Å². The Kier molecular flexibility index (Phi) is 4.16. The number of hydrogen-bond acceptors (Lipinski definition) is 4. The van der Waals surface area contributed by atoms with Gasteiger partial charge in [-0.05, 0) is 16.8 Å². The number of hydrogen-bond donors (Lipinski definition) is 1. The molecule has 2 N–H and O–H groups in total. The van der Waals surface area contributed by atoms with Gasteiger partial charge in [0.05, 0.1) is 10.5 Å². The maximum Gasteiger partial charge on any atom is 0.386 e. The topological polar surface area (TPSA) is 90.9 Å². The molecule has 0 amide bonds. The maximum atomic E-state index is 11.0. The summed E-state index contributed by atoms with van der Waals surface area (Å²) in [4.78, 5) is 10.6. The summed E-state index contributed by atoms with van der Waals surface area (Å²) in [5.74, 6) is 5.41. The molecule has 0 aliphatic heterocycles. The molecule has 7 nitrogen and oxygen atoms in total. The molecule has 90 valence electrons. The second-order valence-corrected chi connectivity index (χ2v) is 3.24. The molecule has 0 fully saturated rings. The van der Waals surface area contributed by atoms with Crippen molar-refractivity contribution in [2.75, 3.05) is 5.84 Å². The smallest absolute Gasteiger partial charge is 0.386 e. The predicted octanol–water partition coefficient (Wildman–Crippen LogP) is -3.29. The summed E-state index contributed by atoms with van der Waals surface area (Å²) in [7, 11) is 0. The summed E-state index contributed by atoms with van der Waals surface area (Å²) < 4.78 is 2.37. The van der Waals surface area contributed by atoms with E-state index in [1.807, 2.05) is 0 Å². The Bertz CT molecular complexity index is 501. The van der Waals surface area contributed by atoms with E-state index in [2.05, 4.69) is 5.10 Å². The Morgan fingerprint density at radius 2 is 2.06 bits per heavy atom. The summed E-state index contributed by atoms with van der Waals surface area (Å²) >= 11 is 0. The number of benzene rings is 1. The molecule has 2 rings (SSSR count). The molecule has 17 heavy (non-hydrogen) atoms. The van der Waals surface area contributed by atoms with E-state index in [-0.39, 0.29) is 17.0 Å². The first-order valence-electron chi connectivity index (χ1n) is 4.57. The highest BCUT2D eigenvalue weighted by Crippen LogP contribution is 2.16. The fraction of sp³-hybridized carbons (Fsp3) is 0.111. The highest BCUT2D eigenvalue weighted by molar-refractivity contribution is 5.17. The fourth-order valence-corrected chi connectivity index (χ4v) is 1.44. The number of nitro groups is 1. The van der Waals surface area contributed by atoms with E-state index in [1.54, 1.807) is 30.3 Å². The lowest BCUT2D eigenvalue weighted by Crippen LogP contribution is -3.00. The van der Waals surface area contributed by atoms with Gasteiger partial charge in [-0.2, -0.15) is 0 Å². The minimum atomic E-state index is -1.05. The van der Waals surface area contributed by atoms with Crippen LogP contribution in [-0.4, -0.2) is 14.7 Å². The van der Waals surface area contributed by atoms with E-state index in [4.69, 9.17) is 5.84 Å². The molecule has 0 spiro atoms. The van der Waals surface area contributed by atoms with Crippen LogP contribution in [0, 0.1) is 10.1 Å². The number of aromatic nitrogens is 3. The molecule has 0 aliphatic carbocycles. The molecular formula is C9H10BrN5O2. The molecule has 0 saturated carbocycles. The molecule has 0 aliphatic rings. The van der Waals surface area contributed by atoms with Gasteiger partial charge in [-0.15, -0.1) is 4.68 Å². The van der Waals surface area contributed by atoms with Crippen LogP contribution in [0.25, 0.3) is 0 Å². The minimum Gasteiger partial charge on any atom is -1.00 e. The van der Waals surface area contributed by atoms with Crippen molar-refractivity contribution in [3.05, 3.63) is 58.7 Å². The Morgan fingerprint density at radius 1 is 1.41 bits per heavy atom. The quantitative estimate of drug-likeness (QED) is 0.278. The Morgan fingerprint density at radius 3 is 2.53 bits per heavy atom. The lowest BCUT2D eigenvalue weighted by molar-refractivity contribution is -0.641. The van der Waals surface area contributed by atoms with Gasteiger partial charge in [0.1, 0.15) is 0 Å². The molecular weight excluding hydrogens is 290 g/mol. The van der Waals surface area contributed by atoms with Crippen LogP contribution in [0.4, 0.5) is 0 Å². The van der Waals surface area contributed by atoms with Crippen molar-refractivity contribution in [1.82, 2.24) is 9.78 Å². The number of nitrogens with two attached hydrogens (primary N) is 1. The van der Waals surface area contributed by atoms with Gasteiger partial charge < -0.3 is 17.0 Å². The molecule has 1 atom stereocenters.